The second-order valence-electron chi connectivity index (χ2n) is 5.40. The molecule has 1 heterocycles. The molecule has 3 N–H and O–H groups in total. The van der Waals surface area contributed by atoms with Gasteiger partial charge in [-0.2, -0.15) is 0 Å². The predicted octanol–water partition coefficient (Wildman–Crippen LogP) is 2.41. The van der Waals surface area contributed by atoms with Gasteiger partial charge in [0.25, 0.3) is 0 Å². The van der Waals surface area contributed by atoms with Crippen LogP contribution in [0.25, 0.3) is 10.9 Å². The summed E-state index contributed by atoms with van der Waals surface area (Å²) in [7, 11) is 0. The summed E-state index contributed by atoms with van der Waals surface area (Å²) in [5.74, 6) is 0. The first-order valence-electron chi connectivity index (χ1n) is 6.53. The molecule has 1 aromatic carbocycles. The zero-order valence-corrected chi connectivity index (χ0v) is 11.7. The number of pyridine rings is 1. The van der Waals surface area contributed by atoms with Crippen LogP contribution in [-0.4, -0.2) is 28.8 Å². The Morgan fingerprint density at radius 2 is 2.05 bits per heavy atom. The van der Waals surface area contributed by atoms with Gasteiger partial charge < -0.3 is 15.7 Å². The number of rotatable bonds is 4. The van der Waals surface area contributed by atoms with Crippen LogP contribution in [-0.2, 0) is 0 Å². The second-order valence-corrected chi connectivity index (χ2v) is 5.40. The Hall–Kier alpha value is -1.81. The van der Waals surface area contributed by atoms with Crippen molar-refractivity contribution in [3.63, 3.8) is 0 Å². The average molecular weight is 259 g/mol. The van der Waals surface area contributed by atoms with Gasteiger partial charge in [0.05, 0.1) is 16.8 Å². The standard InChI is InChI=1S/C15H21N3O/c1-4-18(10-15(2,3)19)13-8-7-12(16)11-6-5-9-17-14(11)13/h5-9,19H,4,10,16H2,1-3H3. The molecule has 0 aliphatic rings. The first-order chi connectivity index (χ1) is 8.92. The summed E-state index contributed by atoms with van der Waals surface area (Å²) >= 11 is 0. The first kappa shape index (κ1) is 13.6. The number of hydrogen-bond donors (Lipinski definition) is 2. The minimum atomic E-state index is -0.751. The molecule has 102 valence electrons. The minimum Gasteiger partial charge on any atom is -0.398 e. The van der Waals surface area contributed by atoms with Crippen LogP contribution in [0.4, 0.5) is 11.4 Å². The average Bonchev–Trinajstić information content (AvgIpc) is 2.36. The van der Waals surface area contributed by atoms with E-state index in [1.807, 2.05) is 38.1 Å². The number of hydrogen-bond acceptors (Lipinski definition) is 4. The van der Waals surface area contributed by atoms with Crippen molar-refractivity contribution in [2.75, 3.05) is 23.7 Å². The van der Waals surface area contributed by atoms with Gasteiger partial charge in [-0.25, -0.2) is 0 Å². The molecule has 0 saturated heterocycles. The number of nitrogen functional groups attached to an aromatic ring is 1. The summed E-state index contributed by atoms with van der Waals surface area (Å²) in [4.78, 5) is 6.56. The molecule has 19 heavy (non-hydrogen) atoms. The second kappa shape index (κ2) is 5.05. The molecule has 0 amide bonds. The molecule has 0 aliphatic carbocycles. The van der Waals surface area contributed by atoms with Gasteiger partial charge in [-0.15, -0.1) is 0 Å². The number of anilines is 2. The van der Waals surface area contributed by atoms with Gasteiger partial charge in [0, 0.05) is 30.4 Å². The van der Waals surface area contributed by atoms with Gasteiger partial charge in [-0.1, -0.05) is 0 Å². The highest BCUT2D eigenvalue weighted by Crippen LogP contribution is 2.29. The highest BCUT2D eigenvalue weighted by Gasteiger charge is 2.19. The fourth-order valence-corrected chi connectivity index (χ4v) is 2.27. The maximum absolute atomic E-state index is 10.0. The van der Waals surface area contributed by atoms with E-state index in [4.69, 9.17) is 5.73 Å². The van der Waals surface area contributed by atoms with Crippen molar-refractivity contribution >= 4 is 22.3 Å². The van der Waals surface area contributed by atoms with Gasteiger partial charge in [0.1, 0.15) is 0 Å². The lowest BCUT2D eigenvalue weighted by Crippen LogP contribution is -2.38. The Morgan fingerprint density at radius 1 is 1.32 bits per heavy atom. The Balaban J connectivity index is 2.52. The number of nitrogens with zero attached hydrogens (tertiary/aromatic N) is 2. The summed E-state index contributed by atoms with van der Waals surface area (Å²) in [5.41, 5.74) is 7.85. The summed E-state index contributed by atoms with van der Waals surface area (Å²) < 4.78 is 0. The molecule has 0 spiro atoms. The van der Waals surface area contributed by atoms with E-state index in [1.54, 1.807) is 6.20 Å². The normalized spacial score (nSPS) is 11.8. The van der Waals surface area contributed by atoms with Gasteiger partial charge >= 0.3 is 0 Å². The molecule has 2 rings (SSSR count). The fourth-order valence-electron chi connectivity index (χ4n) is 2.27. The molecule has 0 fully saturated rings. The zero-order chi connectivity index (χ0) is 14.0. The number of aromatic nitrogens is 1. The minimum absolute atomic E-state index is 0.555. The van der Waals surface area contributed by atoms with Crippen LogP contribution in [0, 0.1) is 0 Å². The molecule has 4 heteroatoms. The van der Waals surface area contributed by atoms with Gasteiger partial charge in [-0.05, 0) is 45.0 Å². The van der Waals surface area contributed by atoms with Gasteiger partial charge in [0.15, 0.2) is 0 Å². The number of aliphatic hydroxyl groups is 1. The van der Waals surface area contributed by atoms with Gasteiger partial charge in [0.2, 0.25) is 0 Å². The van der Waals surface area contributed by atoms with E-state index in [0.717, 1.165) is 28.8 Å². The molecule has 0 atom stereocenters. The van der Waals surface area contributed by atoms with Crippen LogP contribution in [0.1, 0.15) is 20.8 Å². The third-order valence-electron chi connectivity index (χ3n) is 3.08. The molecule has 0 saturated carbocycles. The van der Waals surface area contributed by atoms with E-state index in [1.165, 1.54) is 0 Å². The molecule has 0 radical (unpaired) electrons. The van der Waals surface area contributed by atoms with Crippen LogP contribution < -0.4 is 10.6 Å². The van der Waals surface area contributed by atoms with Crippen molar-refractivity contribution in [3.05, 3.63) is 30.5 Å². The third kappa shape index (κ3) is 2.96. The van der Waals surface area contributed by atoms with E-state index in [9.17, 15) is 5.11 Å². The summed E-state index contributed by atoms with van der Waals surface area (Å²) in [6, 6.07) is 7.72. The Bertz CT molecular complexity index is 575. The molecule has 1 aromatic heterocycles. The smallest absolute Gasteiger partial charge is 0.0955 e. The SMILES string of the molecule is CCN(CC(C)(C)O)c1ccc(N)c2cccnc12. The maximum Gasteiger partial charge on any atom is 0.0955 e. The summed E-state index contributed by atoms with van der Waals surface area (Å²) in [6.45, 7) is 7.04. The number of nitrogens with two attached hydrogens (primary N) is 1. The van der Waals surface area contributed by atoms with Crippen LogP contribution in [0.2, 0.25) is 0 Å². The van der Waals surface area contributed by atoms with Crippen LogP contribution in [0.3, 0.4) is 0 Å². The lowest BCUT2D eigenvalue weighted by Gasteiger charge is -2.30. The summed E-state index contributed by atoms with van der Waals surface area (Å²) in [5, 5.41) is 11.0. The number of fused-ring (bicyclic) bond motifs is 1. The van der Waals surface area contributed by atoms with E-state index >= 15 is 0 Å². The van der Waals surface area contributed by atoms with Crippen molar-refractivity contribution in [3.8, 4) is 0 Å². The Morgan fingerprint density at radius 3 is 2.68 bits per heavy atom. The number of benzene rings is 1. The monoisotopic (exact) mass is 259 g/mol. The molecule has 0 aliphatic heterocycles. The third-order valence-corrected chi connectivity index (χ3v) is 3.08. The molecule has 0 unspecified atom stereocenters. The predicted molar refractivity (Wildman–Crippen MR) is 80.3 cm³/mol. The van der Waals surface area contributed by atoms with E-state index < -0.39 is 5.60 Å². The van der Waals surface area contributed by atoms with Crippen molar-refractivity contribution in [1.82, 2.24) is 4.98 Å². The van der Waals surface area contributed by atoms with Crippen molar-refractivity contribution in [2.45, 2.75) is 26.4 Å². The molecule has 4 nitrogen and oxygen atoms in total. The summed E-state index contributed by atoms with van der Waals surface area (Å²) in [6.07, 6.45) is 1.77. The first-order valence-corrected chi connectivity index (χ1v) is 6.53. The fraction of sp³-hybridized carbons (Fsp3) is 0.400. The topological polar surface area (TPSA) is 62.4 Å². The Kier molecular flexibility index (Phi) is 3.62. The van der Waals surface area contributed by atoms with E-state index in [2.05, 4.69) is 16.8 Å². The van der Waals surface area contributed by atoms with E-state index in [-0.39, 0.29) is 0 Å². The van der Waals surface area contributed by atoms with Crippen LogP contribution >= 0.6 is 0 Å². The maximum atomic E-state index is 10.0. The van der Waals surface area contributed by atoms with Gasteiger partial charge in [-0.3, -0.25) is 4.98 Å². The molecular formula is C15H21N3O. The lowest BCUT2D eigenvalue weighted by molar-refractivity contribution is 0.0876. The largest absolute Gasteiger partial charge is 0.398 e. The van der Waals surface area contributed by atoms with Crippen molar-refractivity contribution < 1.29 is 5.11 Å². The van der Waals surface area contributed by atoms with Crippen molar-refractivity contribution in [2.24, 2.45) is 0 Å². The number of likely N-dealkylation sites (N-methyl/N-ethyl adjacent to an activating group) is 1. The van der Waals surface area contributed by atoms with Crippen molar-refractivity contribution in [1.29, 1.82) is 0 Å². The highest BCUT2D eigenvalue weighted by atomic mass is 16.3. The van der Waals surface area contributed by atoms with Crippen LogP contribution in [0.15, 0.2) is 30.5 Å². The lowest BCUT2D eigenvalue weighted by atomic mass is 10.1. The molecular weight excluding hydrogens is 238 g/mol. The highest BCUT2D eigenvalue weighted by molar-refractivity contribution is 5.98. The molecule has 0 bridgehead atoms. The quantitative estimate of drug-likeness (QED) is 0.828. The Labute approximate surface area is 113 Å². The zero-order valence-electron chi connectivity index (χ0n) is 11.7. The van der Waals surface area contributed by atoms with E-state index in [0.29, 0.717) is 6.54 Å². The van der Waals surface area contributed by atoms with Crippen LogP contribution in [0.5, 0.6) is 0 Å². The molecule has 2 aromatic rings.